The van der Waals surface area contributed by atoms with Gasteiger partial charge in [0.1, 0.15) is 5.78 Å². The molecule has 1 unspecified atom stereocenters. The second-order valence-corrected chi connectivity index (χ2v) is 4.32. The largest absolute Gasteiger partial charge is 0.481 e. The van der Waals surface area contributed by atoms with E-state index in [1.807, 2.05) is 13.8 Å². The van der Waals surface area contributed by atoms with E-state index in [2.05, 4.69) is 6.58 Å². The van der Waals surface area contributed by atoms with Gasteiger partial charge in [0.05, 0.1) is 5.92 Å². The van der Waals surface area contributed by atoms with Gasteiger partial charge in [0.2, 0.25) is 0 Å². The predicted octanol–water partition coefficient (Wildman–Crippen LogP) is 2.51. The number of carboxylic acid groups (broad SMARTS) is 1. The summed E-state index contributed by atoms with van der Waals surface area (Å²) in [6.07, 6.45) is 2.59. The van der Waals surface area contributed by atoms with E-state index in [-0.39, 0.29) is 11.7 Å². The third-order valence-corrected chi connectivity index (χ3v) is 2.47. The quantitative estimate of drug-likeness (QED) is 0.660. The number of carbonyl (C=O) groups is 2. The lowest BCUT2D eigenvalue weighted by Gasteiger charge is -2.21. The maximum atomic E-state index is 11.4. The summed E-state index contributed by atoms with van der Waals surface area (Å²) in [7, 11) is 0. The average Bonchev–Trinajstić information content (AvgIpc) is 2.09. The van der Waals surface area contributed by atoms with Gasteiger partial charge in [-0.05, 0) is 25.7 Å². The SMILES string of the molecule is C=CC[C@H](C(C)=O)C(CC(C)C)C(=O)O. The molecule has 0 amide bonds. The van der Waals surface area contributed by atoms with Gasteiger partial charge < -0.3 is 5.11 Å². The van der Waals surface area contributed by atoms with E-state index >= 15 is 0 Å². The maximum absolute atomic E-state index is 11.4. The Hall–Kier alpha value is -1.12. The number of hydrogen-bond acceptors (Lipinski definition) is 2. The van der Waals surface area contributed by atoms with Crippen LogP contribution in [-0.4, -0.2) is 16.9 Å². The van der Waals surface area contributed by atoms with Gasteiger partial charge in [-0.2, -0.15) is 0 Å². The van der Waals surface area contributed by atoms with E-state index in [0.29, 0.717) is 12.8 Å². The molecule has 0 radical (unpaired) electrons. The van der Waals surface area contributed by atoms with Gasteiger partial charge in [-0.1, -0.05) is 19.9 Å². The van der Waals surface area contributed by atoms with E-state index in [4.69, 9.17) is 5.11 Å². The Morgan fingerprint density at radius 3 is 2.13 bits per heavy atom. The van der Waals surface area contributed by atoms with Crippen LogP contribution in [0.25, 0.3) is 0 Å². The van der Waals surface area contributed by atoms with Crippen LogP contribution in [0.1, 0.15) is 33.6 Å². The first-order chi connectivity index (χ1) is 6.90. The lowest BCUT2D eigenvalue weighted by molar-refractivity contribution is -0.147. The van der Waals surface area contributed by atoms with Gasteiger partial charge >= 0.3 is 5.97 Å². The normalized spacial score (nSPS) is 14.7. The highest BCUT2D eigenvalue weighted by Crippen LogP contribution is 2.25. The molecule has 3 heteroatoms. The van der Waals surface area contributed by atoms with E-state index in [0.717, 1.165) is 0 Å². The Morgan fingerprint density at radius 1 is 1.33 bits per heavy atom. The minimum absolute atomic E-state index is 0.0667. The van der Waals surface area contributed by atoms with E-state index < -0.39 is 17.8 Å². The van der Waals surface area contributed by atoms with Crippen LogP contribution >= 0.6 is 0 Å². The molecule has 0 aliphatic carbocycles. The Bertz CT molecular complexity index is 243. The second-order valence-electron chi connectivity index (χ2n) is 4.32. The van der Waals surface area contributed by atoms with Crippen LogP contribution in [0.5, 0.6) is 0 Å². The van der Waals surface area contributed by atoms with Gasteiger partial charge in [-0.3, -0.25) is 9.59 Å². The smallest absolute Gasteiger partial charge is 0.307 e. The minimum atomic E-state index is -0.884. The van der Waals surface area contributed by atoms with Crippen LogP contribution in [0, 0.1) is 17.8 Å². The van der Waals surface area contributed by atoms with Gasteiger partial charge in [0.15, 0.2) is 0 Å². The monoisotopic (exact) mass is 212 g/mol. The van der Waals surface area contributed by atoms with Crippen molar-refractivity contribution in [1.82, 2.24) is 0 Å². The minimum Gasteiger partial charge on any atom is -0.481 e. The maximum Gasteiger partial charge on any atom is 0.307 e. The summed E-state index contributed by atoms with van der Waals surface area (Å²) in [6, 6.07) is 0. The zero-order valence-corrected chi connectivity index (χ0v) is 9.69. The molecule has 0 rings (SSSR count). The van der Waals surface area contributed by atoms with Gasteiger partial charge in [0.25, 0.3) is 0 Å². The summed E-state index contributed by atoms with van der Waals surface area (Å²) in [5, 5.41) is 9.08. The molecule has 2 atom stereocenters. The molecule has 0 saturated heterocycles. The predicted molar refractivity (Wildman–Crippen MR) is 59.6 cm³/mol. The van der Waals surface area contributed by atoms with Crippen molar-refractivity contribution in [1.29, 1.82) is 0 Å². The molecule has 3 nitrogen and oxygen atoms in total. The van der Waals surface area contributed by atoms with Crippen molar-refractivity contribution >= 4 is 11.8 Å². The number of carboxylic acids is 1. The number of hydrogen-bond donors (Lipinski definition) is 1. The lowest BCUT2D eigenvalue weighted by atomic mass is 9.81. The lowest BCUT2D eigenvalue weighted by Crippen LogP contribution is -2.29. The molecule has 0 aromatic rings. The molecule has 0 aromatic carbocycles. The van der Waals surface area contributed by atoms with Crippen LogP contribution in [0.3, 0.4) is 0 Å². The summed E-state index contributed by atoms with van der Waals surface area (Å²) in [4.78, 5) is 22.4. The molecule has 86 valence electrons. The van der Waals surface area contributed by atoms with E-state index in [9.17, 15) is 9.59 Å². The van der Waals surface area contributed by atoms with Gasteiger partial charge in [-0.25, -0.2) is 0 Å². The van der Waals surface area contributed by atoms with Crippen LogP contribution in [-0.2, 0) is 9.59 Å². The first-order valence-electron chi connectivity index (χ1n) is 5.24. The summed E-state index contributed by atoms with van der Waals surface area (Å²) in [5.41, 5.74) is 0. The molecule has 15 heavy (non-hydrogen) atoms. The Labute approximate surface area is 91.2 Å². The third kappa shape index (κ3) is 4.77. The van der Waals surface area contributed by atoms with Crippen LogP contribution < -0.4 is 0 Å². The highest BCUT2D eigenvalue weighted by atomic mass is 16.4. The molecule has 0 fully saturated rings. The topological polar surface area (TPSA) is 54.4 Å². The summed E-state index contributed by atoms with van der Waals surface area (Å²) >= 11 is 0. The molecule has 0 aliphatic heterocycles. The first-order valence-corrected chi connectivity index (χ1v) is 5.24. The van der Waals surface area contributed by atoms with Crippen molar-refractivity contribution in [3.8, 4) is 0 Å². The summed E-state index contributed by atoms with van der Waals surface area (Å²) < 4.78 is 0. The summed E-state index contributed by atoms with van der Waals surface area (Å²) in [6.45, 7) is 8.93. The highest BCUT2D eigenvalue weighted by Gasteiger charge is 2.30. The molecule has 0 spiro atoms. The van der Waals surface area contributed by atoms with Crippen molar-refractivity contribution in [2.45, 2.75) is 33.6 Å². The second kappa shape index (κ2) is 6.38. The fraction of sp³-hybridized carbons (Fsp3) is 0.667. The van der Waals surface area contributed by atoms with E-state index in [1.54, 1.807) is 6.08 Å². The fourth-order valence-electron chi connectivity index (χ4n) is 1.74. The molecule has 1 N–H and O–H groups in total. The number of ketones is 1. The summed E-state index contributed by atoms with van der Waals surface area (Å²) in [5.74, 6) is -1.69. The highest BCUT2D eigenvalue weighted by molar-refractivity contribution is 5.84. The van der Waals surface area contributed by atoms with Crippen LogP contribution in [0.15, 0.2) is 12.7 Å². The number of rotatable bonds is 7. The Kier molecular flexibility index (Phi) is 5.90. The molecule has 0 bridgehead atoms. The third-order valence-electron chi connectivity index (χ3n) is 2.47. The van der Waals surface area contributed by atoms with Crippen LogP contribution in [0.4, 0.5) is 0 Å². The van der Waals surface area contributed by atoms with Gasteiger partial charge in [0, 0.05) is 5.92 Å². The molecule has 0 aliphatic rings. The van der Waals surface area contributed by atoms with Crippen molar-refractivity contribution in [3.05, 3.63) is 12.7 Å². The van der Waals surface area contributed by atoms with Gasteiger partial charge in [-0.15, -0.1) is 6.58 Å². The zero-order valence-electron chi connectivity index (χ0n) is 9.69. The number of aliphatic carboxylic acids is 1. The number of carbonyl (C=O) groups excluding carboxylic acids is 1. The van der Waals surface area contributed by atoms with Crippen molar-refractivity contribution < 1.29 is 14.7 Å². The fourth-order valence-corrected chi connectivity index (χ4v) is 1.74. The number of allylic oxidation sites excluding steroid dienone is 1. The van der Waals surface area contributed by atoms with E-state index in [1.165, 1.54) is 6.92 Å². The van der Waals surface area contributed by atoms with Crippen LogP contribution in [0.2, 0.25) is 0 Å². The Balaban J connectivity index is 4.74. The molecular formula is C12H20O3. The molecular weight excluding hydrogens is 192 g/mol. The molecule has 0 heterocycles. The standard InChI is InChI=1S/C12H20O3/c1-5-6-10(9(4)13)11(12(14)15)7-8(2)3/h5,8,10-11H,1,6-7H2,2-4H3,(H,14,15)/t10-,11?/m1/s1. The zero-order chi connectivity index (χ0) is 12.0. The average molecular weight is 212 g/mol. The van der Waals surface area contributed by atoms with Crippen molar-refractivity contribution in [3.63, 3.8) is 0 Å². The van der Waals surface area contributed by atoms with Crippen molar-refractivity contribution in [2.75, 3.05) is 0 Å². The Morgan fingerprint density at radius 2 is 1.87 bits per heavy atom. The van der Waals surface area contributed by atoms with Crippen molar-refractivity contribution in [2.24, 2.45) is 17.8 Å². The first kappa shape index (κ1) is 13.9. The molecule has 0 saturated carbocycles. The number of Topliss-reactive ketones (excluding diaryl/α,β-unsaturated/α-hetero) is 1. The molecule has 0 aromatic heterocycles.